The van der Waals surface area contributed by atoms with Crippen LogP contribution in [-0.4, -0.2) is 37.3 Å². The van der Waals surface area contributed by atoms with Crippen molar-refractivity contribution in [1.82, 2.24) is 4.90 Å². The van der Waals surface area contributed by atoms with E-state index in [-0.39, 0.29) is 18.9 Å². The first kappa shape index (κ1) is 20.3. The molecule has 6 heteroatoms. The van der Waals surface area contributed by atoms with Gasteiger partial charge in [0.1, 0.15) is 0 Å². The zero-order valence-corrected chi connectivity index (χ0v) is 14.6. The van der Waals surface area contributed by atoms with Crippen molar-refractivity contribution >= 4 is 10.8 Å². The van der Waals surface area contributed by atoms with Crippen LogP contribution >= 0.6 is 0 Å². The summed E-state index contributed by atoms with van der Waals surface area (Å²) in [5, 5.41) is 6.13. The molecule has 0 bridgehead atoms. The summed E-state index contributed by atoms with van der Waals surface area (Å²) in [6.45, 7) is 1.38. The van der Waals surface area contributed by atoms with Crippen LogP contribution in [0.2, 0.25) is 0 Å². The molecule has 0 radical (unpaired) electrons. The van der Waals surface area contributed by atoms with Crippen molar-refractivity contribution in [2.75, 3.05) is 26.2 Å². The maximum Gasteiger partial charge on any atom is 1.00 e. The minimum Gasteiger partial charge on any atom is -0.647 e. The Morgan fingerprint density at radius 3 is 2.32 bits per heavy atom. The van der Waals surface area contributed by atoms with Gasteiger partial charge in [0.2, 0.25) is 0 Å². The van der Waals surface area contributed by atoms with Crippen molar-refractivity contribution < 1.29 is 32.0 Å². The first-order valence-electron chi connectivity index (χ1n) is 8.46. The Morgan fingerprint density at radius 2 is 1.64 bits per heavy atom. The van der Waals surface area contributed by atoms with Gasteiger partial charge in [-0.15, -0.1) is 0 Å². The molecule has 0 unspecified atom stereocenters. The van der Waals surface area contributed by atoms with Crippen molar-refractivity contribution in [3.8, 4) is 0 Å². The number of alkyl halides is 3. The third-order valence-corrected chi connectivity index (χ3v) is 4.53. The number of piperidine rings is 1. The summed E-state index contributed by atoms with van der Waals surface area (Å²) >= 11 is 0. The van der Waals surface area contributed by atoms with Crippen LogP contribution in [0.1, 0.15) is 30.9 Å². The number of hydrogen-bond acceptors (Lipinski definition) is 1. The molecule has 1 atom stereocenters. The second-order valence-electron chi connectivity index (χ2n) is 6.44. The Morgan fingerprint density at radius 1 is 0.960 bits per heavy atom. The van der Waals surface area contributed by atoms with E-state index in [2.05, 4.69) is 10.2 Å². The molecule has 0 aliphatic carbocycles. The Kier molecular flexibility index (Phi) is 7.39. The molecule has 2 aromatic carbocycles. The molecule has 1 aliphatic rings. The van der Waals surface area contributed by atoms with Crippen LogP contribution in [0.15, 0.2) is 42.5 Å². The standard InChI is InChI=1S/C19H22F3N2.Li/c20-19(21,22)14-23-18(13-24-10-4-1-5-11-24)17-9-8-15-6-2-3-7-16(15)12-17;/h2-3,6-9,12,18H,1,4-5,10-11,13-14H2;/q-1;+1/t18-;/m0./s1. The van der Waals surface area contributed by atoms with Gasteiger partial charge in [-0.2, -0.15) is 13.2 Å². The quantitative estimate of drug-likeness (QED) is 0.763. The molecule has 2 aromatic rings. The summed E-state index contributed by atoms with van der Waals surface area (Å²) in [6, 6.07) is 13.3. The number of fused-ring (bicyclic) bond motifs is 1. The van der Waals surface area contributed by atoms with Crippen LogP contribution in [0.3, 0.4) is 0 Å². The molecule has 0 saturated carbocycles. The van der Waals surface area contributed by atoms with Crippen molar-refractivity contribution in [1.29, 1.82) is 0 Å². The molecule has 25 heavy (non-hydrogen) atoms. The Labute approximate surface area is 158 Å². The fourth-order valence-corrected chi connectivity index (χ4v) is 3.28. The van der Waals surface area contributed by atoms with Gasteiger partial charge in [0.05, 0.1) is 0 Å². The monoisotopic (exact) mass is 342 g/mol. The number of nitrogens with zero attached hydrogens (tertiary/aromatic N) is 2. The normalized spacial score (nSPS) is 17.2. The molecule has 0 N–H and O–H groups in total. The molecular formula is C19H22F3LiN2. The molecule has 2 nitrogen and oxygen atoms in total. The summed E-state index contributed by atoms with van der Waals surface area (Å²) in [6.07, 6.45) is -0.818. The molecule has 130 valence electrons. The van der Waals surface area contributed by atoms with Gasteiger partial charge in [0, 0.05) is 0 Å². The smallest absolute Gasteiger partial charge is 0.647 e. The molecule has 0 amide bonds. The molecular weight excluding hydrogens is 320 g/mol. The zero-order valence-electron chi connectivity index (χ0n) is 14.6. The van der Waals surface area contributed by atoms with Crippen LogP contribution < -0.4 is 18.9 Å². The van der Waals surface area contributed by atoms with E-state index in [4.69, 9.17) is 0 Å². The summed E-state index contributed by atoms with van der Waals surface area (Å²) in [5.74, 6) is 0. The number of halogens is 3. The third kappa shape index (κ3) is 6.04. The van der Waals surface area contributed by atoms with E-state index in [1.54, 1.807) is 0 Å². The van der Waals surface area contributed by atoms with Crippen LogP contribution in [0.25, 0.3) is 16.1 Å². The van der Waals surface area contributed by atoms with E-state index in [0.29, 0.717) is 6.54 Å². The van der Waals surface area contributed by atoms with E-state index in [9.17, 15) is 13.2 Å². The number of rotatable bonds is 5. The van der Waals surface area contributed by atoms with Crippen LogP contribution in [0.5, 0.6) is 0 Å². The molecule has 1 aliphatic heterocycles. The predicted molar refractivity (Wildman–Crippen MR) is 91.3 cm³/mol. The summed E-state index contributed by atoms with van der Waals surface area (Å²) in [5.41, 5.74) is 0.864. The van der Waals surface area contributed by atoms with Crippen LogP contribution in [-0.2, 0) is 0 Å². The van der Waals surface area contributed by atoms with Gasteiger partial charge in [-0.25, -0.2) is 0 Å². The topological polar surface area (TPSA) is 17.3 Å². The number of likely N-dealkylation sites (tertiary alicyclic amines) is 1. The van der Waals surface area contributed by atoms with Gasteiger partial charge >= 0.3 is 25.0 Å². The minimum absolute atomic E-state index is 0. The van der Waals surface area contributed by atoms with E-state index < -0.39 is 18.8 Å². The van der Waals surface area contributed by atoms with Gasteiger partial charge in [-0.1, -0.05) is 60.5 Å². The average molecular weight is 342 g/mol. The van der Waals surface area contributed by atoms with Crippen LogP contribution in [0.4, 0.5) is 13.2 Å². The first-order valence-corrected chi connectivity index (χ1v) is 8.46. The molecule has 1 saturated heterocycles. The largest absolute Gasteiger partial charge is 1.00 e. The number of benzene rings is 2. The fourth-order valence-electron chi connectivity index (χ4n) is 3.28. The molecule has 1 heterocycles. The average Bonchev–Trinajstić information content (AvgIpc) is 2.58. The Bertz CT molecular complexity index is 669. The fraction of sp³-hybridized carbons (Fsp3) is 0.474. The second kappa shape index (κ2) is 9.09. The maximum atomic E-state index is 12.7. The second-order valence-corrected chi connectivity index (χ2v) is 6.44. The van der Waals surface area contributed by atoms with Gasteiger partial charge in [-0.05, 0) is 49.8 Å². The first-order chi connectivity index (χ1) is 11.5. The van der Waals surface area contributed by atoms with Crippen molar-refractivity contribution in [2.45, 2.75) is 31.5 Å². The van der Waals surface area contributed by atoms with Gasteiger partial charge < -0.3 is 10.2 Å². The molecule has 3 rings (SSSR count). The summed E-state index contributed by atoms with van der Waals surface area (Å²) in [7, 11) is 0. The summed E-state index contributed by atoms with van der Waals surface area (Å²) in [4.78, 5) is 2.24. The van der Waals surface area contributed by atoms with E-state index >= 15 is 0 Å². The van der Waals surface area contributed by atoms with E-state index in [0.717, 1.165) is 42.3 Å². The minimum atomic E-state index is -4.25. The molecule has 1 fully saturated rings. The zero-order chi connectivity index (χ0) is 17.0. The van der Waals surface area contributed by atoms with Crippen LogP contribution in [0, 0.1) is 0 Å². The SMILES string of the molecule is FC(F)(F)C[N-][C@@H](CN1CCCCC1)c1ccc2ccccc2c1.[Li+]. The Balaban J connectivity index is 0.00000225. The maximum absolute atomic E-state index is 12.7. The molecule has 0 aromatic heterocycles. The van der Waals surface area contributed by atoms with Crippen molar-refractivity contribution in [3.63, 3.8) is 0 Å². The van der Waals surface area contributed by atoms with Crippen molar-refractivity contribution in [3.05, 3.63) is 53.3 Å². The van der Waals surface area contributed by atoms with Crippen molar-refractivity contribution in [2.24, 2.45) is 0 Å². The third-order valence-electron chi connectivity index (χ3n) is 4.53. The van der Waals surface area contributed by atoms with E-state index in [1.165, 1.54) is 6.42 Å². The van der Waals surface area contributed by atoms with Gasteiger partial charge in [0.15, 0.2) is 0 Å². The van der Waals surface area contributed by atoms with E-state index in [1.807, 2.05) is 42.5 Å². The molecule has 0 spiro atoms. The van der Waals surface area contributed by atoms with Gasteiger partial charge in [-0.3, -0.25) is 0 Å². The predicted octanol–water partition coefficient (Wildman–Crippen LogP) is 2.31. The Hall–Kier alpha value is -0.993. The summed E-state index contributed by atoms with van der Waals surface area (Å²) < 4.78 is 38.0. The number of hydrogen-bond donors (Lipinski definition) is 0. The van der Waals surface area contributed by atoms with Gasteiger partial charge in [0.25, 0.3) is 0 Å².